The maximum Gasteiger partial charge on any atom is 0.125 e. The van der Waals surface area contributed by atoms with Crippen molar-refractivity contribution in [3.8, 4) is 0 Å². The Labute approximate surface area is 106 Å². The van der Waals surface area contributed by atoms with Gasteiger partial charge >= 0.3 is 0 Å². The molecule has 2 rings (SSSR count). The quantitative estimate of drug-likeness (QED) is 0.870. The number of pyridine rings is 1. The number of anilines is 2. The van der Waals surface area contributed by atoms with Crippen LogP contribution >= 0.6 is 0 Å². The minimum Gasteiger partial charge on any atom is -0.384 e. The molecule has 0 amide bonds. The molecule has 0 aliphatic heterocycles. The first-order chi connectivity index (χ1) is 8.63. The van der Waals surface area contributed by atoms with E-state index in [1.165, 1.54) is 12.1 Å². The zero-order valence-corrected chi connectivity index (χ0v) is 10.2. The van der Waals surface area contributed by atoms with Gasteiger partial charge in [-0.05, 0) is 37.1 Å². The van der Waals surface area contributed by atoms with E-state index in [1.54, 1.807) is 24.4 Å². The Kier molecular flexibility index (Phi) is 3.77. The SMILES string of the molecule is CC(Cc1ccc(F)cc1)Nc1ccnc(N)c1. The van der Waals surface area contributed by atoms with Crippen LogP contribution in [0.25, 0.3) is 0 Å². The third kappa shape index (κ3) is 3.45. The van der Waals surface area contributed by atoms with Gasteiger partial charge in [-0.3, -0.25) is 0 Å². The molecule has 0 aliphatic rings. The summed E-state index contributed by atoms with van der Waals surface area (Å²) in [4.78, 5) is 3.94. The summed E-state index contributed by atoms with van der Waals surface area (Å²) in [6.45, 7) is 2.07. The molecule has 0 fully saturated rings. The highest BCUT2D eigenvalue weighted by Gasteiger charge is 2.04. The van der Waals surface area contributed by atoms with Crippen molar-refractivity contribution in [1.82, 2.24) is 4.98 Å². The largest absolute Gasteiger partial charge is 0.384 e. The van der Waals surface area contributed by atoms with Gasteiger partial charge in [0, 0.05) is 24.0 Å². The van der Waals surface area contributed by atoms with E-state index in [9.17, 15) is 4.39 Å². The van der Waals surface area contributed by atoms with E-state index in [0.29, 0.717) is 5.82 Å². The Morgan fingerprint density at radius 2 is 2.00 bits per heavy atom. The lowest BCUT2D eigenvalue weighted by Crippen LogP contribution is -2.18. The molecule has 94 valence electrons. The third-order valence-corrected chi connectivity index (χ3v) is 2.65. The molecular formula is C14H16FN3. The Morgan fingerprint density at radius 1 is 1.28 bits per heavy atom. The smallest absolute Gasteiger partial charge is 0.125 e. The van der Waals surface area contributed by atoms with Gasteiger partial charge in [0.2, 0.25) is 0 Å². The first-order valence-electron chi connectivity index (χ1n) is 5.86. The Bertz CT molecular complexity index is 511. The molecule has 3 N–H and O–H groups in total. The van der Waals surface area contributed by atoms with Gasteiger partial charge in [-0.15, -0.1) is 0 Å². The summed E-state index contributed by atoms with van der Waals surface area (Å²) >= 11 is 0. The van der Waals surface area contributed by atoms with Crippen molar-refractivity contribution in [2.24, 2.45) is 0 Å². The fourth-order valence-corrected chi connectivity index (χ4v) is 1.85. The van der Waals surface area contributed by atoms with Crippen LogP contribution in [0.15, 0.2) is 42.6 Å². The molecule has 1 unspecified atom stereocenters. The Hall–Kier alpha value is -2.10. The van der Waals surface area contributed by atoms with Crippen LogP contribution in [-0.4, -0.2) is 11.0 Å². The van der Waals surface area contributed by atoms with E-state index < -0.39 is 0 Å². The van der Waals surface area contributed by atoms with E-state index in [2.05, 4.69) is 17.2 Å². The molecular weight excluding hydrogens is 229 g/mol. The molecule has 0 saturated heterocycles. The molecule has 0 bridgehead atoms. The average Bonchev–Trinajstić information content (AvgIpc) is 2.32. The van der Waals surface area contributed by atoms with Gasteiger partial charge in [-0.1, -0.05) is 12.1 Å². The second kappa shape index (κ2) is 5.49. The molecule has 0 saturated carbocycles. The lowest BCUT2D eigenvalue weighted by atomic mass is 10.1. The molecule has 3 nitrogen and oxygen atoms in total. The molecule has 1 heterocycles. The van der Waals surface area contributed by atoms with Gasteiger partial charge in [0.25, 0.3) is 0 Å². The topological polar surface area (TPSA) is 50.9 Å². The van der Waals surface area contributed by atoms with E-state index >= 15 is 0 Å². The number of halogens is 1. The number of nitrogen functional groups attached to an aromatic ring is 1. The molecule has 0 spiro atoms. The number of nitrogens with one attached hydrogen (secondary N) is 1. The number of aromatic nitrogens is 1. The Balaban J connectivity index is 1.96. The molecule has 4 heteroatoms. The summed E-state index contributed by atoms with van der Waals surface area (Å²) in [6, 6.07) is 10.5. The maximum absolute atomic E-state index is 12.8. The van der Waals surface area contributed by atoms with Crippen LogP contribution in [0.4, 0.5) is 15.9 Å². The van der Waals surface area contributed by atoms with E-state index in [1.807, 2.05) is 6.07 Å². The molecule has 1 atom stereocenters. The summed E-state index contributed by atoms with van der Waals surface area (Å²) in [5.74, 6) is 0.287. The van der Waals surface area contributed by atoms with Crippen LogP contribution in [-0.2, 0) is 6.42 Å². The van der Waals surface area contributed by atoms with Gasteiger partial charge in [0.05, 0.1) is 0 Å². The summed E-state index contributed by atoms with van der Waals surface area (Å²) in [7, 11) is 0. The summed E-state index contributed by atoms with van der Waals surface area (Å²) in [5, 5.41) is 3.33. The fraction of sp³-hybridized carbons (Fsp3) is 0.214. The second-order valence-electron chi connectivity index (χ2n) is 4.35. The standard InChI is InChI=1S/C14H16FN3/c1-10(8-11-2-4-12(15)5-3-11)18-13-6-7-17-14(16)9-13/h2-7,9-10H,8H2,1H3,(H3,16,17,18). The first-order valence-corrected chi connectivity index (χ1v) is 5.86. The lowest BCUT2D eigenvalue weighted by Gasteiger charge is -2.15. The predicted molar refractivity (Wildman–Crippen MR) is 71.8 cm³/mol. The lowest BCUT2D eigenvalue weighted by molar-refractivity contribution is 0.626. The monoisotopic (exact) mass is 245 g/mol. The van der Waals surface area contributed by atoms with Crippen molar-refractivity contribution in [3.05, 3.63) is 54.0 Å². The van der Waals surface area contributed by atoms with Crippen LogP contribution in [0.1, 0.15) is 12.5 Å². The maximum atomic E-state index is 12.8. The van der Waals surface area contributed by atoms with Crippen molar-refractivity contribution >= 4 is 11.5 Å². The number of rotatable bonds is 4. The number of nitrogens with two attached hydrogens (primary N) is 1. The van der Waals surface area contributed by atoms with Crippen LogP contribution in [0.3, 0.4) is 0 Å². The van der Waals surface area contributed by atoms with Crippen molar-refractivity contribution < 1.29 is 4.39 Å². The molecule has 0 radical (unpaired) electrons. The molecule has 18 heavy (non-hydrogen) atoms. The van der Waals surface area contributed by atoms with Crippen LogP contribution in [0, 0.1) is 5.82 Å². The molecule has 1 aromatic heterocycles. The highest BCUT2D eigenvalue weighted by Crippen LogP contribution is 2.13. The summed E-state index contributed by atoms with van der Waals surface area (Å²) in [6.07, 6.45) is 2.49. The second-order valence-corrected chi connectivity index (χ2v) is 4.35. The van der Waals surface area contributed by atoms with E-state index in [4.69, 9.17) is 5.73 Å². The van der Waals surface area contributed by atoms with Gasteiger partial charge in [0.15, 0.2) is 0 Å². The van der Waals surface area contributed by atoms with Gasteiger partial charge in [-0.25, -0.2) is 9.37 Å². The fourth-order valence-electron chi connectivity index (χ4n) is 1.85. The minimum atomic E-state index is -0.207. The first kappa shape index (κ1) is 12.4. The average molecular weight is 245 g/mol. The zero-order valence-electron chi connectivity index (χ0n) is 10.2. The third-order valence-electron chi connectivity index (χ3n) is 2.65. The number of hydrogen-bond donors (Lipinski definition) is 2. The van der Waals surface area contributed by atoms with Crippen molar-refractivity contribution in [1.29, 1.82) is 0 Å². The van der Waals surface area contributed by atoms with E-state index in [0.717, 1.165) is 17.7 Å². The predicted octanol–water partition coefficient (Wildman–Crippen LogP) is 2.85. The summed E-state index contributed by atoms with van der Waals surface area (Å²) in [5.41, 5.74) is 7.65. The van der Waals surface area contributed by atoms with Crippen LogP contribution in [0.2, 0.25) is 0 Å². The van der Waals surface area contributed by atoms with Crippen molar-refractivity contribution in [2.45, 2.75) is 19.4 Å². The molecule has 1 aromatic carbocycles. The minimum absolute atomic E-state index is 0.207. The number of nitrogens with zero attached hydrogens (tertiary/aromatic N) is 1. The van der Waals surface area contributed by atoms with Crippen LogP contribution in [0.5, 0.6) is 0 Å². The summed E-state index contributed by atoms with van der Waals surface area (Å²) < 4.78 is 12.8. The van der Waals surface area contributed by atoms with Crippen molar-refractivity contribution in [3.63, 3.8) is 0 Å². The Morgan fingerprint density at radius 3 is 2.67 bits per heavy atom. The highest BCUT2D eigenvalue weighted by atomic mass is 19.1. The van der Waals surface area contributed by atoms with E-state index in [-0.39, 0.29) is 11.9 Å². The van der Waals surface area contributed by atoms with Crippen molar-refractivity contribution in [2.75, 3.05) is 11.1 Å². The number of hydrogen-bond acceptors (Lipinski definition) is 3. The van der Waals surface area contributed by atoms with Gasteiger partial charge < -0.3 is 11.1 Å². The van der Waals surface area contributed by atoms with Crippen LogP contribution < -0.4 is 11.1 Å². The zero-order chi connectivity index (χ0) is 13.0. The molecule has 0 aliphatic carbocycles. The van der Waals surface area contributed by atoms with Gasteiger partial charge in [-0.2, -0.15) is 0 Å². The number of benzene rings is 1. The highest BCUT2D eigenvalue weighted by molar-refractivity contribution is 5.50. The normalized spacial score (nSPS) is 12.1. The van der Waals surface area contributed by atoms with Gasteiger partial charge in [0.1, 0.15) is 11.6 Å². The molecule has 2 aromatic rings.